The third kappa shape index (κ3) is 4.29. The van der Waals surface area contributed by atoms with Gasteiger partial charge in [0.25, 0.3) is 0 Å². The van der Waals surface area contributed by atoms with Crippen molar-refractivity contribution in [1.29, 1.82) is 0 Å². The van der Waals surface area contributed by atoms with E-state index >= 15 is 0 Å². The summed E-state index contributed by atoms with van der Waals surface area (Å²) >= 11 is 1.60. The molecule has 7 heteroatoms. The number of nitrogens with zero attached hydrogens (tertiary/aromatic N) is 3. The van der Waals surface area contributed by atoms with E-state index < -0.39 is 0 Å². The Morgan fingerprint density at radius 3 is 2.82 bits per heavy atom. The number of carbonyl (C=O) groups excluding carboxylic acids is 2. The van der Waals surface area contributed by atoms with Crippen molar-refractivity contribution in [2.24, 2.45) is 5.92 Å². The SMILES string of the molecule is Cc1oc(-c2ccsc2)nc1CC(=O)N1CCC(CN2CCCCC2=O)CC1. The molecule has 2 amide bonds. The smallest absolute Gasteiger partial charge is 0.228 e. The number of likely N-dealkylation sites (tertiary alicyclic amines) is 2. The van der Waals surface area contributed by atoms with E-state index in [0.717, 1.165) is 63.1 Å². The maximum atomic E-state index is 12.7. The molecule has 0 N–H and O–H groups in total. The molecule has 2 aliphatic rings. The number of hydrogen-bond donors (Lipinski definition) is 0. The minimum absolute atomic E-state index is 0.112. The van der Waals surface area contributed by atoms with Crippen LogP contribution in [-0.2, 0) is 16.0 Å². The van der Waals surface area contributed by atoms with Crippen molar-refractivity contribution in [2.45, 2.75) is 45.4 Å². The van der Waals surface area contributed by atoms with Crippen LogP contribution in [0, 0.1) is 12.8 Å². The lowest BCUT2D eigenvalue weighted by Gasteiger charge is -2.36. The van der Waals surface area contributed by atoms with Crippen LogP contribution >= 0.6 is 11.3 Å². The Kier molecular flexibility index (Phi) is 5.80. The molecule has 4 rings (SSSR count). The molecular formula is C21H27N3O3S. The van der Waals surface area contributed by atoms with Gasteiger partial charge in [-0.25, -0.2) is 4.98 Å². The molecule has 0 atom stereocenters. The van der Waals surface area contributed by atoms with Crippen LogP contribution in [0.4, 0.5) is 0 Å². The number of thiophene rings is 1. The minimum Gasteiger partial charge on any atom is -0.441 e. The van der Waals surface area contributed by atoms with Crippen LogP contribution < -0.4 is 0 Å². The number of carbonyl (C=O) groups is 2. The Morgan fingerprint density at radius 2 is 2.11 bits per heavy atom. The highest BCUT2D eigenvalue weighted by atomic mass is 32.1. The van der Waals surface area contributed by atoms with Gasteiger partial charge in [0.05, 0.1) is 12.1 Å². The Hall–Kier alpha value is -2.15. The molecule has 2 aromatic heterocycles. The maximum absolute atomic E-state index is 12.7. The molecule has 6 nitrogen and oxygen atoms in total. The zero-order valence-corrected chi connectivity index (χ0v) is 17.2. The van der Waals surface area contributed by atoms with Gasteiger partial charge in [0.1, 0.15) is 5.76 Å². The van der Waals surface area contributed by atoms with E-state index in [2.05, 4.69) is 4.98 Å². The monoisotopic (exact) mass is 401 g/mol. The Labute approximate surface area is 169 Å². The van der Waals surface area contributed by atoms with Crippen LogP contribution in [0.2, 0.25) is 0 Å². The number of hydrogen-bond acceptors (Lipinski definition) is 5. The molecule has 0 unspecified atom stereocenters. The molecular weight excluding hydrogens is 374 g/mol. The summed E-state index contributed by atoms with van der Waals surface area (Å²) in [5.74, 6) is 2.22. The highest BCUT2D eigenvalue weighted by Gasteiger charge is 2.27. The second kappa shape index (κ2) is 8.47. The van der Waals surface area contributed by atoms with Gasteiger partial charge in [-0.05, 0) is 50.0 Å². The zero-order chi connectivity index (χ0) is 19.5. The maximum Gasteiger partial charge on any atom is 0.228 e. The first-order valence-electron chi connectivity index (χ1n) is 10.1. The third-order valence-corrected chi connectivity index (χ3v) is 6.53. The van der Waals surface area contributed by atoms with Crippen molar-refractivity contribution >= 4 is 23.2 Å². The Balaban J connectivity index is 1.29. The lowest BCUT2D eigenvalue weighted by atomic mass is 9.95. The second-order valence-corrected chi connectivity index (χ2v) is 8.61. The van der Waals surface area contributed by atoms with Gasteiger partial charge in [-0.2, -0.15) is 11.3 Å². The molecule has 150 valence electrons. The molecule has 0 aromatic carbocycles. The molecule has 0 radical (unpaired) electrons. The number of aryl methyl sites for hydroxylation is 1. The van der Waals surface area contributed by atoms with Gasteiger partial charge in [0, 0.05) is 43.5 Å². The summed E-state index contributed by atoms with van der Waals surface area (Å²) in [6, 6.07) is 1.97. The molecule has 0 saturated carbocycles. The highest BCUT2D eigenvalue weighted by Crippen LogP contribution is 2.25. The summed E-state index contributed by atoms with van der Waals surface area (Å²) in [7, 11) is 0. The van der Waals surface area contributed by atoms with E-state index in [9.17, 15) is 9.59 Å². The van der Waals surface area contributed by atoms with Gasteiger partial charge < -0.3 is 14.2 Å². The van der Waals surface area contributed by atoms with E-state index in [1.165, 1.54) is 0 Å². The Bertz CT molecular complexity index is 822. The van der Waals surface area contributed by atoms with Gasteiger partial charge >= 0.3 is 0 Å². The van der Waals surface area contributed by atoms with E-state index in [0.29, 0.717) is 29.9 Å². The average molecular weight is 402 g/mol. The molecule has 28 heavy (non-hydrogen) atoms. The summed E-state index contributed by atoms with van der Waals surface area (Å²) in [4.78, 5) is 33.3. The molecule has 4 heterocycles. The van der Waals surface area contributed by atoms with Crippen LogP contribution in [0.3, 0.4) is 0 Å². The van der Waals surface area contributed by atoms with Crippen molar-refractivity contribution in [2.75, 3.05) is 26.2 Å². The van der Waals surface area contributed by atoms with Gasteiger partial charge in [0.15, 0.2) is 0 Å². The summed E-state index contributed by atoms with van der Waals surface area (Å²) in [6.07, 6.45) is 5.06. The summed E-state index contributed by atoms with van der Waals surface area (Å²) in [5, 5.41) is 3.98. The largest absolute Gasteiger partial charge is 0.441 e. The van der Waals surface area contributed by atoms with Crippen LogP contribution in [0.5, 0.6) is 0 Å². The number of rotatable bonds is 5. The van der Waals surface area contributed by atoms with Gasteiger partial charge in [-0.3, -0.25) is 9.59 Å². The second-order valence-electron chi connectivity index (χ2n) is 7.83. The lowest BCUT2D eigenvalue weighted by molar-refractivity contribution is -0.136. The number of amides is 2. The quantitative estimate of drug-likeness (QED) is 0.769. The first-order chi connectivity index (χ1) is 13.6. The predicted molar refractivity (Wildman–Crippen MR) is 108 cm³/mol. The molecule has 2 aromatic rings. The normalized spacial score (nSPS) is 18.7. The molecule has 0 aliphatic carbocycles. The lowest BCUT2D eigenvalue weighted by Crippen LogP contribution is -2.44. The van der Waals surface area contributed by atoms with Crippen molar-refractivity contribution in [3.8, 4) is 11.5 Å². The van der Waals surface area contributed by atoms with Gasteiger partial charge in [0.2, 0.25) is 17.7 Å². The van der Waals surface area contributed by atoms with Crippen molar-refractivity contribution in [3.05, 3.63) is 28.3 Å². The Morgan fingerprint density at radius 1 is 1.29 bits per heavy atom. The van der Waals surface area contributed by atoms with Gasteiger partial charge in [-0.1, -0.05) is 0 Å². The van der Waals surface area contributed by atoms with E-state index in [4.69, 9.17) is 4.42 Å². The third-order valence-electron chi connectivity index (χ3n) is 5.85. The first kappa shape index (κ1) is 19.2. The summed E-state index contributed by atoms with van der Waals surface area (Å²) in [6.45, 7) is 5.15. The van der Waals surface area contributed by atoms with Crippen LogP contribution in [0.15, 0.2) is 21.2 Å². The van der Waals surface area contributed by atoms with E-state index in [1.807, 2.05) is 33.6 Å². The van der Waals surface area contributed by atoms with E-state index in [-0.39, 0.29) is 12.3 Å². The van der Waals surface area contributed by atoms with Crippen LogP contribution in [0.25, 0.3) is 11.5 Å². The standard InChI is InChI=1S/C21H27N3O3S/c1-15-18(22-21(27-15)17-7-11-28-14-17)12-20(26)23-9-5-16(6-10-23)13-24-8-3-2-4-19(24)25/h7,11,14,16H,2-6,8-10,12-13H2,1H3. The highest BCUT2D eigenvalue weighted by molar-refractivity contribution is 7.08. The minimum atomic E-state index is 0.112. The fourth-order valence-electron chi connectivity index (χ4n) is 4.09. The van der Waals surface area contributed by atoms with Crippen molar-refractivity contribution in [1.82, 2.24) is 14.8 Å². The molecule has 2 saturated heterocycles. The van der Waals surface area contributed by atoms with Crippen molar-refractivity contribution < 1.29 is 14.0 Å². The molecule has 2 aliphatic heterocycles. The molecule has 0 bridgehead atoms. The molecule has 0 spiro atoms. The zero-order valence-electron chi connectivity index (χ0n) is 16.4. The number of oxazole rings is 1. The van der Waals surface area contributed by atoms with E-state index in [1.54, 1.807) is 11.3 Å². The molecule has 2 fully saturated rings. The van der Waals surface area contributed by atoms with Crippen LogP contribution in [0.1, 0.15) is 43.6 Å². The van der Waals surface area contributed by atoms with Crippen LogP contribution in [-0.4, -0.2) is 52.8 Å². The number of aromatic nitrogens is 1. The van der Waals surface area contributed by atoms with Gasteiger partial charge in [-0.15, -0.1) is 0 Å². The fraction of sp³-hybridized carbons (Fsp3) is 0.571. The topological polar surface area (TPSA) is 66.7 Å². The fourth-order valence-corrected chi connectivity index (χ4v) is 4.72. The summed E-state index contributed by atoms with van der Waals surface area (Å²) in [5.41, 5.74) is 1.69. The first-order valence-corrected chi connectivity index (χ1v) is 11.1. The summed E-state index contributed by atoms with van der Waals surface area (Å²) < 4.78 is 5.75. The van der Waals surface area contributed by atoms with Crippen molar-refractivity contribution in [3.63, 3.8) is 0 Å². The predicted octanol–water partition coefficient (Wildman–Crippen LogP) is 3.51. The average Bonchev–Trinajstić information content (AvgIpc) is 3.35. The number of piperidine rings is 2.